The fraction of sp³-hybridized carbons (Fsp3) is 0. The molecule has 0 fully saturated rings. The van der Waals surface area contributed by atoms with Crippen molar-refractivity contribution in [1.29, 1.82) is 0 Å². The lowest BCUT2D eigenvalue weighted by atomic mass is 10.0. The van der Waals surface area contributed by atoms with E-state index in [-0.39, 0.29) is 5.78 Å². The Hall–Kier alpha value is -0.640. The molecule has 0 heterocycles. The van der Waals surface area contributed by atoms with Gasteiger partial charge in [-0.25, -0.2) is 0 Å². The first-order valence-electron chi connectivity index (χ1n) is 4.82. The van der Waals surface area contributed by atoms with Gasteiger partial charge in [0.25, 0.3) is 0 Å². The minimum atomic E-state index is -0.0244. The van der Waals surface area contributed by atoms with Gasteiger partial charge in [0.05, 0.1) is 0 Å². The number of halogens is 3. The van der Waals surface area contributed by atoms with Crippen LogP contribution < -0.4 is 0 Å². The highest BCUT2D eigenvalue weighted by molar-refractivity contribution is 9.11. The van der Waals surface area contributed by atoms with E-state index in [0.29, 0.717) is 16.1 Å². The summed E-state index contributed by atoms with van der Waals surface area (Å²) in [6.45, 7) is 0. The van der Waals surface area contributed by atoms with E-state index in [9.17, 15) is 4.79 Å². The first-order valence-corrected chi connectivity index (χ1v) is 6.79. The van der Waals surface area contributed by atoms with Crippen molar-refractivity contribution in [2.45, 2.75) is 0 Å². The third kappa shape index (κ3) is 3.18. The second kappa shape index (κ2) is 5.34. The van der Waals surface area contributed by atoms with Gasteiger partial charge in [-0.15, -0.1) is 0 Å². The molecule has 0 amide bonds. The molecule has 0 aliphatic heterocycles. The molecule has 0 spiro atoms. The predicted molar refractivity (Wildman–Crippen MR) is 76.7 cm³/mol. The molecule has 2 aromatic rings. The molecule has 2 aromatic carbocycles. The average molecular weight is 374 g/mol. The lowest BCUT2D eigenvalue weighted by Gasteiger charge is -2.03. The zero-order chi connectivity index (χ0) is 12.4. The van der Waals surface area contributed by atoms with Gasteiger partial charge in [0, 0.05) is 25.1 Å². The third-order valence-electron chi connectivity index (χ3n) is 2.23. The Morgan fingerprint density at radius 1 is 0.882 bits per heavy atom. The van der Waals surface area contributed by atoms with Gasteiger partial charge in [-0.05, 0) is 42.5 Å². The van der Waals surface area contributed by atoms with E-state index in [1.54, 1.807) is 36.4 Å². The quantitative estimate of drug-likeness (QED) is 0.669. The van der Waals surface area contributed by atoms with Crippen molar-refractivity contribution in [3.05, 3.63) is 67.6 Å². The van der Waals surface area contributed by atoms with E-state index in [1.807, 2.05) is 6.07 Å². The summed E-state index contributed by atoms with van der Waals surface area (Å²) >= 11 is 12.5. The Morgan fingerprint density at radius 3 is 1.94 bits per heavy atom. The molecule has 0 N–H and O–H groups in total. The van der Waals surface area contributed by atoms with Gasteiger partial charge in [-0.1, -0.05) is 43.5 Å². The average Bonchev–Trinajstić information content (AvgIpc) is 2.28. The van der Waals surface area contributed by atoms with Crippen LogP contribution in [0.2, 0.25) is 5.02 Å². The minimum Gasteiger partial charge on any atom is -0.289 e. The van der Waals surface area contributed by atoms with Crippen molar-refractivity contribution in [2.75, 3.05) is 0 Å². The first kappa shape index (κ1) is 12.8. The van der Waals surface area contributed by atoms with E-state index in [0.717, 1.165) is 8.95 Å². The Labute approximate surface area is 121 Å². The maximum atomic E-state index is 12.2. The van der Waals surface area contributed by atoms with Gasteiger partial charge in [-0.2, -0.15) is 0 Å². The summed E-state index contributed by atoms with van der Waals surface area (Å²) in [5, 5.41) is 0.622. The highest BCUT2D eigenvalue weighted by Crippen LogP contribution is 2.22. The normalized spacial score (nSPS) is 10.3. The van der Waals surface area contributed by atoms with Gasteiger partial charge in [-0.3, -0.25) is 4.79 Å². The van der Waals surface area contributed by atoms with Crippen molar-refractivity contribution < 1.29 is 4.79 Å². The Balaban J connectivity index is 2.40. The molecule has 0 saturated carbocycles. The number of hydrogen-bond donors (Lipinski definition) is 0. The summed E-state index contributed by atoms with van der Waals surface area (Å²) in [5.41, 5.74) is 1.26. The fourth-order valence-electron chi connectivity index (χ4n) is 1.45. The number of hydrogen-bond acceptors (Lipinski definition) is 1. The Morgan fingerprint density at radius 2 is 1.41 bits per heavy atom. The van der Waals surface area contributed by atoms with Gasteiger partial charge < -0.3 is 0 Å². The summed E-state index contributed by atoms with van der Waals surface area (Å²) in [6, 6.07) is 12.3. The van der Waals surface area contributed by atoms with Crippen molar-refractivity contribution in [3.63, 3.8) is 0 Å². The zero-order valence-electron chi connectivity index (χ0n) is 8.58. The van der Waals surface area contributed by atoms with Crippen LogP contribution in [0.4, 0.5) is 0 Å². The van der Waals surface area contributed by atoms with E-state index in [1.165, 1.54) is 0 Å². The van der Waals surface area contributed by atoms with E-state index < -0.39 is 0 Å². The van der Waals surface area contributed by atoms with Crippen LogP contribution in [0, 0.1) is 0 Å². The van der Waals surface area contributed by atoms with Crippen molar-refractivity contribution >= 4 is 49.2 Å². The standard InChI is InChI=1S/C13H7Br2ClO/c14-10-5-9(6-11(15)7-10)13(17)8-1-3-12(16)4-2-8/h1-7H. The molecule has 1 nitrogen and oxygen atoms in total. The number of carbonyl (C=O) groups is 1. The maximum Gasteiger partial charge on any atom is 0.193 e. The van der Waals surface area contributed by atoms with Crippen LogP contribution in [0.25, 0.3) is 0 Å². The predicted octanol–water partition coefficient (Wildman–Crippen LogP) is 5.10. The second-order valence-corrected chi connectivity index (χ2v) is 5.76. The molecular weight excluding hydrogens is 367 g/mol. The van der Waals surface area contributed by atoms with Crippen LogP contribution in [-0.2, 0) is 0 Å². The molecule has 0 aliphatic rings. The van der Waals surface area contributed by atoms with Crippen LogP contribution in [0.1, 0.15) is 15.9 Å². The molecule has 0 unspecified atom stereocenters. The van der Waals surface area contributed by atoms with Crippen LogP contribution in [-0.4, -0.2) is 5.78 Å². The van der Waals surface area contributed by atoms with E-state index in [4.69, 9.17) is 11.6 Å². The lowest BCUT2D eigenvalue weighted by molar-refractivity contribution is 0.103. The summed E-state index contributed by atoms with van der Waals surface area (Å²) in [5.74, 6) is -0.0244. The van der Waals surface area contributed by atoms with Gasteiger partial charge in [0.15, 0.2) is 5.78 Å². The maximum absolute atomic E-state index is 12.2. The molecule has 17 heavy (non-hydrogen) atoms. The molecular formula is C13H7Br2ClO. The van der Waals surface area contributed by atoms with Crippen LogP contribution in [0.5, 0.6) is 0 Å². The molecule has 0 bridgehead atoms. The van der Waals surface area contributed by atoms with Crippen molar-refractivity contribution in [2.24, 2.45) is 0 Å². The summed E-state index contributed by atoms with van der Waals surface area (Å²) < 4.78 is 1.73. The van der Waals surface area contributed by atoms with Gasteiger partial charge in [0.1, 0.15) is 0 Å². The third-order valence-corrected chi connectivity index (χ3v) is 3.40. The summed E-state index contributed by atoms with van der Waals surface area (Å²) in [6.07, 6.45) is 0. The van der Waals surface area contributed by atoms with Gasteiger partial charge >= 0.3 is 0 Å². The highest BCUT2D eigenvalue weighted by atomic mass is 79.9. The van der Waals surface area contributed by atoms with Crippen LogP contribution in [0.3, 0.4) is 0 Å². The van der Waals surface area contributed by atoms with Gasteiger partial charge in [0.2, 0.25) is 0 Å². The lowest BCUT2D eigenvalue weighted by Crippen LogP contribution is -2.00. The van der Waals surface area contributed by atoms with E-state index >= 15 is 0 Å². The molecule has 0 saturated heterocycles. The number of carbonyl (C=O) groups excluding carboxylic acids is 1. The molecule has 0 aliphatic carbocycles. The monoisotopic (exact) mass is 372 g/mol. The van der Waals surface area contributed by atoms with Crippen LogP contribution >= 0.6 is 43.5 Å². The zero-order valence-corrected chi connectivity index (χ0v) is 12.5. The number of benzene rings is 2. The molecule has 0 atom stereocenters. The molecule has 0 radical (unpaired) electrons. The smallest absolute Gasteiger partial charge is 0.193 e. The summed E-state index contributed by atoms with van der Waals surface area (Å²) in [7, 11) is 0. The summed E-state index contributed by atoms with van der Waals surface area (Å²) in [4.78, 5) is 12.2. The molecule has 2 rings (SSSR count). The Bertz CT molecular complexity index is 544. The minimum absolute atomic E-state index is 0.0244. The van der Waals surface area contributed by atoms with Crippen molar-refractivity contribution in [3.8, 4) is 0 Å². The SMILES string of the molecule is O=C(c1ccc(Cl)cc1)c1cc(Br)cc(Br)c1. The largest absolute Gasteiger partial charge is 0.289 e. The number of ketones is 1. The molecule has 0 aromatic heterocycles. The molecule has 86 valence electrons. The molecule has 4 heteroatoms. The van der Waals surface area contributed by atoms with Crippen LogP contribution in [0.15, 0.2) is 51.4 Å². The second-order valence-electron chi connectivity index (χ2n) is 3.49. The first-order chi connectivity index (χ1) is 8.06. The van der Waals surface area contributed by atoms with Crippen molar-refractivity contribution in [1.82, 2.24) is 0 Å². The van der Waals surface area contributed by atoms with E-state index in [2.05, 4.69) is 31.9 Å². The highest BCUT2D eigenvalue weighted by Gasteiger charge is 2.10. The number of rotatable bonds is 2. The fourth-order valence-corrected chi connectivity index (χ4v) is 2.87. The topological polar surface area (TPSA) is 17.1 Å². The Kier molecular flexibility index (Phi) is 4.02.